The van der Waals surface area contributed by atoms with Crippen LogP contribution in [0.25, 0.3) is 0 Å². The first-order valence-corrected chi connectivity index (χ1v) is 4.89. The predicted molar refractivity (Wildman–Crippen MR) is 64.4 cm³/mol. The summed E-state index contributed by atoms with van der Waals surface area (Å²) in [5.41, 5.74) is 7.01. The lowest BCUT2D eigenvalue weighted by molar-refractivity contribution is -0.119. The Bertz CT molecular complexity index is 361. The lowest BCUT2D eigenvalue weighted by Crippen LogP contribution is -2.42. The van der Waals surface area contributed by atoms with Gasteiger partial charge in [0.15, 0.2) is 5.11 Å². The molecule has 0 saturated carbocycles. The quantitative estimate of drug-likeness (QED) is 0.496. The Morgan fingerprint density at radius 2 is 1.80 bits per heavy atom. The minimum absolute atomic E-state index is 0.192. The first kappa shape index (κ1) is 11.5. The molecule has 5 heteroatoms. The van der Waals surface area contributed by atoms with E-state index >= 15 is 0 Å². The van der Waals surface area contributed by atoms with E-state index in [1.54, 1.807) is 0 Å². The molecule has 0 fully saturated rings. The highest BCUT2D eigenvalue weighted by Gasteiger charge is 1.96. The fourth-order valence-corrected chi connectivity index (χ4v) is 1.11. The van der Waals surface area contributed by atoms with E-state index in [0.29, 0.717) is 5.11 Å². The third kappa shape index (κ3) is 4.42. The van der Waals surface area contributed by atoms with E-state index in [2.05, 4.69) is 16.2 Å². The van der Waals surface area contributed by atoms with Crippen molar-refractivity contribution in [2.75, 3.05) is 5.32 Å². The van der Waals surface area contributed by atoms with Gasteiger partial charge < -0.3 is 5.32 Å². The number of benzene rings is 1. The molecule has 0 unspecified atom stereocenters. The highest BCUT2D eigenvalue weighted by atomic mass is 32.1. The van der Waals surface area contributed by atoms with Crippen LogP contribution < -0.4 is 16.2 Å². The molecule has 1 amide bonds. The van der Waals surface area contributed by atoms with E-state index in [1.807, 2.05) is 31.2 Å². The summed E-state index contributed by atoms with van der Waals surface area (Å²) in [4.78, 5) is 10.6. The van der Waals surface area contributed by atoms with Crippen molar-refractivity contribution in [3.63, 3.8) is 0 Å². The number of hydrogen-bond acceptors (Lipinski definition) is 2. The van der Waals surface area contributed by atoms with Gasteiger partial charge in [-0.1, -0.05) is 17.7 Å². The van der Waals surface area contributed by atoms with E-state index < -0.39 is 0 Å². The van der Waals surface area contributed by atoms with Crippen molar-refractivity contribution < 1.29 is 4.79 Å². The molecular formula is C10H13N3OS. The van der Waals surface area contributed by atoms with Crippen molar-refractivity contribution in [3.05, 3.63) is 29.8 Å². The van der Waals surface area contributed by atoms with Crippen LogP contribution in [0, 0.1) is 6.92 Å². The van der Waals surface area contributed by atoms with E-state index in [1.165, 1.54) is 12.5 Å². The Morgan fingerprint density at radius 1 is 1.20 bits per heavy atom. The molecule has 0 spiro atoms. The molecular weight excluding hydrogens is 210 g/mol. The Hall–Kier alpha value is -1.62. The number of anilines is 1. The SMILES string of the molecule is CC(=O)NNC(=S)Nc1ccc(C)cc1. The van der Waals surface area contributed by atoms with Crippen molar-refractivity contribution >= 4 is 28.9 Å². The number of carbonyl (C=O) groups excluding carboxylic acids is 1. The Kier molecular flexibility index (Phi) is 4.05. The zero-order valence-corrected chi connectivity index (χ0v) is 9.44. The maximum atomic E-state index is 10.6. The number of hydrazine groups is 1. The topological polar surface area (TPSA) is 53.2 Å². The van der Waals surface area contributed by atoms with E-state index in [4.69, 9.17) is 12.2 Å². The maximum absolute atomic E-state index is 10.6. The van der Waals surface area contributed by atoms with Gasteiger partial charge in [0.05, 0.1) is 0 Å². The molecule has 3 N–H and O–H groups in total. The minimum Gasteiger partial charge on any atom is -0.331 e. The van der Waals surface area contributed by atoms with Crippen LogP contribution in [0.4, 0.5) is 5.69 Å². The molecule has 4 nitrogen and oxygen atoms in total. The summed E-state index contributed by atoms with van der Waals surface area (Å²) in [6, 6.07) is 7.78. The van der Waals surface area contributed by atoms with Gasteiger partial charge in [-0.15, -0.1) is 0 Å². The summed E-state index contributed by atoms with van der Waals surface area (Å²) in [5.74, 6) is -0.192. The molecule has 0 aromatic heterocycles. The summed E-state index contributed by atoms with van der Waals surface area (Å²) < 4.78 is 0. The molecule has 1 aromatic rings. The van der Waals surface area contributed by atoms with Crippen LogP contribution in [0.15, 0.2) is 24.3 Å². The van der Waals surface area contributed by atoms with E-state index in [-0.39, 0.29) is 5.91 Å². The second-order valence-electron chi connectivity index (χ2n) is 3.13. The number of rotatable bonds is 1. The minimum atomic E-state index is -0.192. The number of hydrogen-bond donors (Lipinski definition) is 3. The third-order valence-corrected chi connectivity index (χ3v) is 1.87. The van der Waals surface area contributed by atoms with Gasteiger partial charge in [0.25, 0.3) is 0 Å². The number of thiocarbonyl (C=S) groups is 1. The van der Waals surface area contributed by atoms with Gasteiger partial charge in [0.1, 0.15) is 0 Å². The first-order valence-electron chi connectivity index (χ1n) is 4.48. The number of nitrogens with one attached hydrogen (secondary N) is 3. The van der Waals surface area contributed by atoms with Crippen LogP contribution >= 0.6 is 12.2 Å². The second-order valence-corrected chi connectivity index (χ2v) is 3.53. The fourth-order valence-electron chi connectivity index (χ4n) is 0.944. The second kappa shape index (κ2) is 5.31. The average Bonchev–Trinajstić information content (AvgIpc) is 2.19. The molecule has 0 aliphatic carbocycles. The van der Waals surface area contributed by atoms with Crippen LogP contribution in [0.5, 0.6) is 0 Å². The number of aryl methyl sites for hydroxylation is 1. The lowest BCUT2D eigenvalue weighted by atomic mass is 10.2. The zero-order chi connectivity index (χ0) is 11.3. The lowest BCUT2D eigenvalue weighted by Gasteiger charge is -2.10. The zero-order valence-electron chi connectivity index (χ0n) is 8.63. The number of carbonyl (C=O) groups is 1. The molecule has 0 aliphatic heterocycles. The van der Waals surface area contributed by atoms with Gasteiger partial charge in [0.2, 0.25) is 5.91 Å². The van der Waals surface area contributed by atoms with Crippen LogP contribution in [0.2, 0.25) is 0 Å². The van der Waals surface area contributed by atoms with Crippen LogP contribution in [-0.2, 0) is 4.79 Å². The highest BCUT2D eigenvalue weighted by Crippen LogP contribution is 2.07. The Morgan fingerprint density at radius 3 is 2.33 bits per heavy atom. The predicted octanol–water partition coefficient (Wildman–Crippen LogP) is 1.33. The first-order chi connectivity index (χ1) is 7.08. The molecule has 15 heavy (non-hydrogen) atoms. The fraction of sp³-hybridized carbons (Fsp3) is 0.200. The average molecular weight is 223 g/mol. The van der Waals surface area contributed by atoms with Gasteiger partial charge in [0, 0.05) is 12.6 Å². The van der Waals surface area contributed by atoms with Crippen LogP contribution in [0.1, 0.15) is 12.5 Å². The van der Waals surface area contributed by atoms with Crippen molar-refractivity contribution in [3.8, 4) is 0 Å². The molecule has 0 saturated heterocycles. The molecule has 0 radical (unpaired) electrons. The van der Waals surface area contributed by atoms with Crippen LogP contribution in [-0.4, -0.2) is 11.0 Å². The van der Waals surface area contributed by atoms with Crippen molar-refractivity contribution in [2.45, 2.75) is 13.8 Å². The smallest absolute Gasteiger partial charge is 0.235 e. The van der Waals surface area contributed by atoms with Gasteiger partial charge in [-0.25, -0.2) is 0 Å². The van der Waals surface area contributed by atoms with E-state index in [0.717, 1.165) is 5.69 Å². The molecule has 80 valence electrons. The van der Waals surface area contributed by atoms with Crippen molar-refractivity contribution in [1.82, 2.24) is 10.9 Å². The largest absolute Gasteiger partial charge is 0.331 e. The number of amides is 1. The van der Waals surface area contributed by atoms with Gasteiger partial charge in [-0.05, 0) is 31.3 Å². The molecule has 0 bridgehead atoms. The van der Waals surface area contributed by atoms with Gasteiger partial charge in [-0.2, -0.15) is 0 Å². The summed E-state index contributed by atoms with van der Waals surface area (Å²) in [5, 5.41) is 3.29. The van der Waals surface area contributed by atoms with Crippen molar-refractivity contribution in [1.29, 1.82) is 0 Å². The molecule has 1 aromatic carbocycles. The van der Waals surface area contributed by atoms with Crippen molar-refractivity contribution in [2.24, 2.45) is 0 Å². The molecule has 0 aliphatic rings. The maximum Gasteiger partial charge on any atom is 0.235 e. The standard InChI is InChI=1S/C10H13N3OS/c1-7-3-5-9(6-4-7)11-10(15)13-12-8(2)14/h3-6H,1-2H3,(H,12,14)(H2,11,13,15). The molecule has 0 atom stereocenters. The molecule has 0 heterocycles. The van der Waals surface area contributed by atoms with Gasteiger partial charge in [-0.3, -0.25) is 15.6 Å². The summed E-state index contributed by atoms with van der Waals surface area (Å²) in [6.45, 7) is 3.42. The summed E-state index contributed by atoms with van der Waals surface area (Å²) >= 11 is 4.95. The third-order valence-electron chi connectivity index (χ3n) is 1.66. The highest BCUT2D eigenvalue weighted by molar-refractivity contribution is 7.80. The molecule has 1 rings (SSSR count). The van der Waals surface area contributed by atoms with Crippen LogP contribution in [0.3, 0.4) is 0 Å². The summed E-state index contributed by atoms with van der Waals surface area (Å²) in [6.07, 6.45) is 0. The monoisotopic (exact) mass is 223 g/mol. The summed E-state index contributed by atoms with van der Waals surface area (Å²) in [7, 11) is 0. The Balaban J connectivity index is 2.44. The Labute approximate surface area is 94.0 Å². The van der Waals surface area contributed by atoms with Gasteiger partial charge >= 0.3 is 0 Å². The normalized spacial score (nSPS) is 9.20. The van der Waals surface area contributed by atoms with E-state index in [9.17, 15) is 4.79 Å².